The Hall–Kier alpha value is -2.22. The smallest absolute Gasteiger partial charge is 0.299 e. The van der Waals surface area contributed by atoms with Crippen LogP contribution in [0.4, 0.5) is 17.1 Å². The fourth-order valence-corrected chi connectivity index (χ4v) is 2.32. The minimum atomic E-state index is -0.733. The van der Waals surface area contributed by atoms with Crippen LogP contribution in [0.25, 0.3) is 0 Å². The number of carbonyl (C=O) groups is 1. The SMILES string of the molecule is O=C1CC(CCl)CN1c1ccc([N+](=O)[O-])cc1[N+](=O)[O-]. The van der Waals surface area contributed by atoms with Gasteiger partial charge in [-0.3, -0.25) is 25.0 Å². The van der Waals surface area contributed by atoms with Crippen molar-refractivity contribution in [2.24, 2.45) is 5.92 Å². The predicted octanol–water partition coefficient (Wildman–Crippen LogP) is 2.09. The number of nitro benzene ring substituents is 2. The van der Waals surface area contributed by atoms with Crippen LogP contribution >= 0.6 is 11.6 Å². The maximum Gasteiger partial charge on any atom is 0.299 e. The van der Waals surface area contributed by atoms with Gasteiger partial charge in [0, 0.05) is 24.9 Å². The van der Waals surface area contributed by atoms with Crippen molar-refractivity contribution in [1.82, 2.24) is 0 Å². The monoisotopic (exact) mass is 299 g/mol. The van der Waals surface area contributed by atoms with E-state index in [9.17, 15) is 25.0 Å². The van der Waals surface area contributed by atoms with Gasteiger partial charge < -0.3 is 4.90 Å². The van der Waals surface area contributed by atoms with Crippen molar-refractivity contribution in [1.29, 1.82) is 0 Å². The molecule has 0 aromatic heterocycles. The van der Waals surface area contributed by atoms with Gasteiger partial charge >= 0.3 is 0 Å². The van der Waals surface area contributed by atoms with Gasteiger partial charge in [-0.25, -0.2) is 0 Å². The highest BCUT2D eigenvalue weighted by Crippen LogP contribution is 2.35. The zero-order valence-corrected chi connectivity index (χ0v) is 10.9. The highest BCUT2D eigenvalue weighted by Gasteiger charge is 2.34. The van der Waals surface area contributed by atoms with Gasteiger partial charge in [0.25, 0.3) is 11.4 Å². The fourth-order valence-electron chi connectivity index (χ4n) is 2.12. The molecule has 1 aliphatic rings. The van der Waals surface area contributed by atoms with E-state index < -0.39 is 15.5 Å². The highest BCUT2D eigenvalue weighted by atomic mass is 35.5. The second-order valence-electron chi connectivity index (χ2n) is 4.42. The van der Waals surface area contributed by atoms with Crippen molar-refractivity contribution in [3.05, 3.63) is 38.4 Å². The minimum Gasteiger partial charge on any atom is -0.306 e. The summed E-state index contributed by atoms with van der Waals surface area (Å²) in [4.78, 5) is 33.3. The van der Waals surface area contributed by atoms with Crippen LogP contribution in [-0.4, -0.2) is 28.2 Å². The Bertz CT molecular complexity index is 591. The van der Waals surface area contributed by atoms with Crippen LogP contribution in [0.15, 0.2) is 18.2 Å². The Morgan fingerprint density at radius 2 is 2.00 bits per heavy atom. The molecule has 1 fully saturated rings. The number of nitrogens with zero attached hydrogens (tertiary/aromatic N) is 3. The largest absolute Gasteiger partial charge is 0.306 e. The number of alkyl halides is 1. The quantitative estimate of drug-likeness (QED) is 0.480. The molecule has 0 spiro atoms. The molecule has 2 rings (SSSR count). The maximum absolute atomic E-state index is 11.8. The van der Waals surface area contributed by atoms with E-state index in [2.05, 4.69) is 0 Å². The van der Waals surface area contributed by atoms with Crippen LogP contribution < -0.4 is 4.90 Å². The molecule has 0 aliphatic carbocycles. The third kappa shape index (κ3) is 2.55. The number of carbonyl (C=O) groups excluding carboxylic acids is 1. The fraction of sp³-hybridized carbons (Fsp3) is 0.364. The molecule has 0 radical (unpaired) electrons. The molecule has 8 nitrogen and oxygen atoms in total. The molecule has 1 aliphatic heterocycles. The molecule has 1 aromatic rings. The summed E-state index contributed by atoms with van der Waals surface area (Å²) in [6.45, 7) is 0.279. The van der Waals surface area contributed by atoms with Crippen LogP contribution in [0, 0.1) is 26.1 Å². The van der Waals surface area contributed by atoms with Crippen LogP contribution in [0.3, 0.4) is 0 Å². The van der Waals surface area contributed by atoms with Crippen molar-refractivity contribution in [3.8, 4) is 0 Å². The molecule has 1 unspecified atom stereocenters. The normalized spacial score (nSPS) is 18.4. The van der Waals surface area contributed by atoms with Crippen molar-refractivity contribution in [3.63, 3.8) is 0 Å². The summed E-state index contributed by atoms with van der Waals surface area (Å²) < 4.78 is 0. The maximum atomic E-state index is 11.8. The van der Waals surface area contributed by atoms with Crippen molar-refractivity contribution < 1.29 is 14.6 Å². The lowest BCUT2D eigenvalue weighted by molar-refractivity contribution is -0.393. The number of hydrogen-bond acceptors (Lipinski definition) is 5. The van der Waals surface area contributed by atoms with Gasteiger partial charge in [0.1, 0.15) is 5.69 Å². The Balaban J connectivity index is 2.44. The first-order chi connectivity index (χ1) is 9.43. The lowest BCUT2D eigenvalue weighted by atomic mass is 10.1. The lowest BCUT2D eigenvalue weighted by Crippen LogP contribution is -2.25. The Morgan fingerprint density at radius 3 is 2.50 bits per heavy atom. The number of nitro groups is 2. The first-order valence-corrected chi connectivity index (χ1v) is 6.26. The standard InChI is InChI=1S/C11H10ClN3O5/c12-5-7-3-11(16)13(6-7)9-2-1-8(14(17)18)4-10(9)15(19)20/h1-2,4,7H,3,5-6H2. The van der Waals surface area contributed by atoms with E-state index >= 15 is 0 Å². The summed E-state index contributed by atoms with van der Waals surface area (Å²) >= 11 is 5.69. The molecular weight excluding hydrogens is 290 g/mol. The Kier molecular flexibility index (Phi) is 3.84. The molecule has 106 valence electrons. The first kappa shape index (κ1) is 14.2. The molecule has 1 atom stereocenters. The third-order valence-electron chi connectivity index (χ3n) is 3.08. The van der Waals surface area contributed by atoms with E-state index in [0.29, 0.717) is 0 Å². The van der Waals surface area contributed by atoms with Crippen LogP contribution in [0.2, 0.25) is 0 Å². The highest BCUT2D eigenvalue weighted by molar-refractivity contribution is 6.18. The molecule has 9 heteroatoms. The van der Waals surface area contributed by atoms with E-state index in [1.165, 1.54) is 11.0 Å². The predicted molar refractivity (Wildman–Crippen MR) is 70.9 cm³/mol. The Morgan fingerprint density at radius 1 is 1.30 bits per heavy atom. The van der Waals surface area contributed by atoms with Gasteiger partial charge in [0.2, 0.25) is 5.91 Å². The topological polar surface area (TPSA) is 107 Å². The number of benzene rings is 1. The molecule has 1 saturated heterocycles. The average molecular weight is 300 g/mol. The van der Waals surface area contributed by atoms with Gasteiger partial charge in [0.05, 0.1) is 15.9 Å². The Labute approximate surface area is 118 Å². The van der Waals surface area contributed by atoms with E-state index in [1.54, 1.807) is 0 Å². The zero-order valence-electron chi connectivity index (χ0n) is 10.2. The van der Waals surface area contributed by atoms with Gasteiger partial charge in [-0.05, 0) is 12.0 Å². The molecule has 0 bridgehead atoms. The number of rotatable bonds is 4. The average Bonchev–Trinajstić information content (AvgIpc) is 2.79. The van der Waals surface area contributed by atoms with E-state index in [0.717, 1.165) is 12.1 Å². The summed E-state index contributed by atoms with van der Waals surface area (Å²) in [6, 6.07) is 3.23. The lowest BCUT2D eigenvalue weighted by Gasteiger charge is -2.16. The number of halogens is 1. The van der Waals surface area contributed by atoms with Crippen molar-refractivity contribution >= 4 is 34.6 Å². The summed E-state index contributed by atoms with van der Waals surface area (Å²) in [7, 11) is 0. The summed E-state index contributed by atoms with van der Waals surface area (Å²) in [6.07, 6.45) is 0.220. The molecule has 1 aromatic carbocycles. The second-order valence-corrected chi connectivity index (χ2v) is 4.72. The number of amides is 1. The summed E-state index contributed by atoms with van der Waals surface area (Å²) in [5, 5.41) is 21.7. The van der Waals surface area contributed by atoms with Crippen LogP contribution in [-0.2, 0) is 4.79 Å². The van der Waals surface area contributed by atoms with E-state index in [-0.39, 0.29) is 42.0 Å². The van der Waals surface area contributed by atoms with Gasteiger partial charge in [0.15, 0.2) is 0 Å². The van der Waals surface area contributed by atoms with Crippen LogP contribution in [0.5, 0.6) is 0 Å². The van der Waals surface area contributed by atoms with Gasteiger partial charge in [-0.15, -0.1) is 11.6 Å². The molecule has 1 heterocycles. The molecule has 0 N–H and O–H groups in total. The summed E-state index contributed by atoms with van der Waals surface area (Å²) in [5.41, 5.74) is -0.776. The number of non-ortho nitro benzene ring substituents is 1. The van der Waals surface area contributed by atoms with Gasteiger partial charge in [-0.1, -0.05) is 0 Å². The van der Waals surface area contributed by atoms with Crippen molar-refractivity contribution in [2.45, 2.75) is 6.42 Å². The second kappa shape index (κ2) is 5.41. The third-order valence-corrected chi connectivity index (χ3v) is 3.52. The van der Waals surface area contributed by atoms with Crippen LogP contribution in [0.1, 0.15) is 6.42 Å². The zero-order chi connectivity index (χ0) is 14.9. The first-order valence-electron chi connectivity index (χ1n) is 5.73. The van der Waals surface area contributed by atoms with Gasteiger partial charge in [-0.2, -0.15) is 0 Å². The number of anilines is 1. The summed E-state index contributed by atoms with van der Waals surface area (Å²) in [5.74, 6) is -0.0604. The molecular formula is C11H10ClN3O5. The minimum absolute atomic E-state index is 0.0678. The van der Waals surface area contributed by atoms with Crippen molar-refractivity contribution in [2.75, 3.05) is 17.3 Å². The molecule has 1 amide bonds. The number of hydrogen-bond donors (Lipinski definition) is 0. The van der Waals surface area contributed by atoms with E-state index in [4.69, 9.17) is 11.6 Å². The molecule has 20 heavy (non-hydrogen) atoms. The van der Waals surface area contributed by atoms with E-state index in [1.807, 2.05) is 0 Å². The molecule has 0 saturated carbocycles.